The number of nitrogens with one attached hydrogen (secondary N) is 1. The van der Waals surface area contributed by atoms with Crippen LogP contribution in [0.25, 0.3) is 0 Å². The lowest BCUT2D eigenvalue weighted by atomic mass is 9.86. The molecule has 1 aromatic heterocycles. The van der Waals surface area contributed by atoms with Gasteiger partial charge in [0.2, 0.25) is 0 Å². The first kappa shape index (κ1) is 15.3. The molecular weight excluding hydrogens is 272 g/mol. The molecule has 7 nitrogen and oxygen atoms in total. The maximum Gasteiger partial charge on any atom is 0.325 e. The highest BCUT2D eigenvalue weighted by Gasteiger charge is 2.25. The van der Waals surface area contributed by atoms with E-state index in [1.165, 1.54) is 23.5 Å². The lowest BCUT2D eigenvalue weighted by Crippen LogP contribution is -2.42. The van der Waals surface area contributed by atoms with Crippen LogP contribution in [0.1, 0.15) is 32.6 Å². The van der Waals surface area contributed by atoms with Crippen LogP contribution in [0.4, 0.5) is 10.5 Å². The van der Waals surface area contributed by atoms with Gasteiger partial charge in [0, 0.05) is 19.3 Å². The minimum Gasteiger partial charge on any atom is -0.480 e. The van der Waals surface area contributed by atoms with Gasteiger partial charge < -0.3 is 15.3 Å². The summed E-state index contributed by atoms with van der Waals surface area (Å²) in [5.41, 5.74) is 0.511. The number of aliphatic carboxylic acids is 1. The first-order valence-electron chi connectivity index (χ1n) is 7.23. The summed E-state index contributed by atoms with van der Waals surface area (Å²) in [7, 11) is 1.81. The standard InChI is InChI=1S/C14H22N4O3/c1-10-4-3-5-12(6-10)17(2)14(21)16-11-7-15-18(8-11)9-13(19)20/h7-8,10,12H,3-6,9H2,1-2H3,(H,16,21)(H,19,20). The highest BCUT2D eigenvalue weighted by atomic mass is 16.4. The highest BCUT2D eigenvalue weighted by Crippen LogP contribution is 2.26. The Morgan fingerprint density at radius 3 is 2.95 bits per heavy atom. The van der Waals surface area contributed by atoms with Gasteiger partial charge >= 0.3 is 12.0 Å². The molecule has 7 heteroatoms. The topological polar surface area (TPSA) is 87.5 Å². The molecule has 1 aliphatic carbocycles. The molecule has 1 aromatic rings. The van der Waals surface area contributed by atoms with Crippen LogP contribution in [0.2, 0.25) is 0 Å². The second kappa shape index (κ2) is 6.60. The molecule has 0 spiro atoms. The molecule has 2 N–H and O–H groups in total. The molecule has 2 rings (SSSR count). The molecule has 0 aliphatic heterocycles. The van der Waals surface area contributed by atoms with Crippen molar-refractivity contribution in [3.05, 3.63) is 12.4 Å². The first-order chi connectivity index (χ1) is 9.95. The molecular formula is C14H22N4O3. The normalized spacial score (nSPS) is 21.8. The van der Waals surface area contributed by atoms with E-state index in [9.17, 15) is 9.59 Å². The Labute approximate surface area is 123 Å². The van der Waals surface area contributed by atoms with Crippen molar-refractivity contribution in [1.29, 1.82) is 0 Å². The quantitative estimate of drug-likeness (QED) is 0.889. The summed E-state index contributed by atoms with van der Waals surface area (Å²) in [4.78, 5) is 24.5. The van der Waals surface area contributed by atoms with E-state index in [0.717, 1.165) is 19.3 Å². The van der Waals surface area contributed by atoms with Crippen molar-refractivity contribution >= 4 is 17.7 Å². The van der Waals surface area contributed by atoms with Crippen LogP contribution in [0, 0.1) is 5.92 Å². The minimum atomic E-state index is -0.968. The number of amides is 2. The van der Waals surface area contributed by atoms with E-state index in [1.807, 2.05) is 0 Å². The fourth-order valence-electron chi connectivity index (χ4n) is 2.78. The van der Waals surface area contributed by atoms with Gasteiger partial charge in [-0.05, 0) is 18.8 Å². The SMILES string of the molecule is CC1CCCC(N(C)C(=O)Nc2cnn(CC(=O)O)c2)C1. The lowest BCUT2D eigenvalue weighted by molar-refractivity contribution is -0.137. The Morgan fingerprint density at radius 2 is 2.29 bits per heavy atom. The molecule has 1 aliphatic rings. The fraction of sp³-hybridized carbons (Fsp3) is 0.643. The van der Waals surface area contributed by atoms with Crippen molar-refractivity contribution < 1.29 is 14.7 Å². The maximum absolute atomic E-state index is 12.2. The van der Waals surface area contributed by atoms with Gasteiger partial charge in [0.1, 0.15) is 6.54 Å². The largest absolute Gasteiger partial charge is 0.480 e. The Morgan fingerprint density at radius 1 is 1.52 bits per heavy atom. The third-order valence-corrected chi connectivity index (χ3v) is 3.96. The van der Waals surface area contributed by atoms with Crippen LogP contribution in [-0.4, -0.2) is 44.9 Å². The number of rotatable bonds is 4. The Kier molecular flexibility index (Phi) is 4.82. The fourth-order valence-corrected chi connectivity index (χ4v) is 2.78. The zero-order valence-electron chi connectivity index (χ0n) is 12.5. The summed E-state index contributed by atoms with van der Waals surface area (Å²) >= 11 is 0. The van der Waals surface area contributed by atoms with E-state index >= 15 is 0 Å². The molecule has 0 aromatic carbocycles. The zero-order valence-corrected chi connectivity index (χ0v) is 12.5. The van der Waals surface area contributed by atoms with Crippen LogP contribution in [-0.2, 0) is 11.3 Å². The minimum absolute atomic E-state index is 0.177. The van der Waals surface area contributed by atoms with Gasteiger partial charge in [0.15, 0.2) is 0 Å². The van der Waals surface area contributed by atoms with Crippen LogP contribution < -0.4 is 5.32 Å². The third kappa shape index (κ3) is 4.21. The average molecular weight is 294 g/mol. The van der Waals surface area contributed by atoms with Gasteiger partial charge in [-0.3, -0.25) is 9.48 Å². The van der Waals surface area contributed by atoms with Gasteiger partial charge in [0.05, 0.1) is 11.9 Å². The number of carbonyl (C=O) groups excluding carboxylic acids is 1. The van der Waals surface area contributed by atoms with E-state index in [2.05, 4.69) is 17.3 Å². The van der Waals surface area contributed by atoms with Crippen molar-refractivity contribution in [3.63, 3.8) is 0 Å². The van der Waals surface area contributed by atoms with Crippen LogP contribution in [0.15, 0.2) is 12.4 Å². The second-order valence-electron chi connectivity index (χ2n) is 5.79. The lowest BCUT2D eigenvalue weighted by Gasteiger charge is -2.34. The summed E-state index contributed by atoms with van der Waals surface area (Å²) in [5.74, 6) is -0.318. The van der Waals surface area contributed by atoms with Gasteiger partial charge in [-0.1, -0.05) is 19.8 Å². The number of hydrogen-bond donors (Lipinski definition) is 2. The summed E-state index contributed by atoms with van der Waals surface area (Å²) in [6.45, 7) is 2.00. The first-order valence-corrected chi connectivity index (χ1v) is 7.23. The second-order valence-corrected chi connectivity index (χ2v) is 5.79. The third-order valence-electron chi connectivity index (χ3n) is 3.96. The molecule has 2 atom stereocenters. The van der Waals surface area contributed by atoms with Crippen molar-refractivity contribution in [2.24, 2.45) is 5.92 Å². The van der Waals surface area contributed by atoms with Crippen molar-refractivity contribution in [1.82, 2.24) is 14.7 Å². The molecule has 0 bridgehead atoms. The average Bonchev–Trinajstić information content (AvgIpc) is 2.84. The molecule has 2 unspecified atom stereocenters. The maximum atomic E-state index is 12.2. The number of carboxylic acid groups (broad SMARTS) is 1. The summed E-state index contributed by atoms with van der Waals surface area (Å²) < 4.78 is 1.28. The molecule has 21 heavy (non-hydrogen) atoms. The highest BCUT2D eigenvalue weighted by molar-refractivity contribution is 5.89. The number of hydrogen-bond acceptors (Lipinski definition) is 3. The number of aromatic nitrogens is 2. The summed E-state index contributed by atoms with van der Waals surface area (Å²) in [6, 6.07) is 0.0896. The number of anilines is 1. The number of carbonyl (C=O) groups is 2. The van der Waals surface area contributed by atoms with Crippen molar-refractivity contribution in [3.8, 4) is 0 Å². The molecule has 0 radical (unpaired) electrons. The predicted octanol–water partition coefficient (Wildman–Crippen LogP) is 2.01. The Bertz CT molecular complexity index is 514. The molecule has 1 fully saturated rings. The van der Waals surface area contributed by atoms with Gasteiger partial charge in [0.25, 0.3) is 0 Å². The monoisotopic (exact) mass is 294 g/mol. The van der Waals surface area contributed by atoms with Crippen LogP contribution >= 0.6 is 0 Å². The van der Waals surface area contributed by atoms with Crippen molar-refractivity contribution in [2.45, 2.75) is 45.2 Å². The van der Waals surface area contributed by atoms with E-state index in [-0.39, 0.29) is 18.6 Å². The van der Waals surface area contributed by atoms with Crippen LogP contribution in [0.5, 0.6) is 0 Å². The Hall–Kier alpha value is -2.05. The van der Waals surface area contributed by atoms with E-state index in [4.69, 9.17) is 5.11 Å². The molecule has 2 amide bonds. The number of nitrogens with zero attached hydrogens (tertiary/aromatic N) is 3. The number of urea groups is 1. The van der Waals surface area contributed by atoms with E-state index < -0.39 is 5.97 Å². The van der Waals surface area contributed by atoms with Gasteiger partial charge in [-0.15, -0.1) is 0 Å². The molecule has 1 saturated carbocycles. The summed E-state index contributed by atoms with van der Waals surface area (Å²) in [5, 5.41) is 15.3. The van der Waals surface area contributed by atoms with Gasteiger partial charge in [-0.25, -0.2) is 4.79 Å². The molecule has 0 saturated heterocycles. The zero-order chi connectivity index (χ0) is 15.4. The number of carboxylic acids is 1. The van der Waals surface area contributed by atoms with E-state index in [1.54, 1.807) is 11.9 Å². The summed E-state index contributed by atoms with van der Waals surface area (Å²) in [6.07, 6.45) is 7.42. The molecule has 116 valence electrons. The van der Waals surface area contributed by atoms with Crippen molar-refractivity contribution in [2.75, 3.05) is 12.4 Å². The Balaban J connectivity index is 1.91. The predicted molar refractivity (Wildman–Crippen MR) is 78.1 cm³/mol. The van der Waals surface area contributed by atoms with Gasteiger partial charge in [-0.2, -0.15) is 5.10 Å². The smallest absolute Gasteiger partial charge is 0.325 e. The van der Waals surface area contributed by atoms with E-state index in [0.29, 0.717) is 11.6 Å². The molecule has 1 heterocycles. The van der Waals surface area contributed by atoms with Crippen LogP contribution in [0.3, 0.4) is 0 Å².